The fraction of sp³-hybridized carbons (Fsp3) is 0.789. The van der Waals surface area contributed by atoms with Crippen molar-refractivity contribution in [2.24, 2.45) is 0 Å². The molecular weight excluding hydrogens is 368 g/mol. The van der Waals surface area contributed by atoms with Crippen LogP contribution in [0.2, 0.25) is 6.04 Å². The first-order valence-electron chi connectivity index (χ1n) is 9.35. The minimum atomic E-state index is -2.39. The molecule has 0 aromatic carbocycles. The molecule has 7 nitrogen and oxygen atoms in total. The van der Waals surface area contributed by atoms with Crippen molar-refractivity contribution in [2.75, 3.05) is 34.5 Å². The maximum Gasteiger partial charge on any atom is 0.370 e. The largest absolute Gasteiger partial charge is 0.466 e. The van der Waals surface area contributed by atoms with Gasteiger partial charge in [-0.3, -0.25) is 4.79 Å². The Morgan fingerprint density at radius 3 is 2.11 bits per heavy atom. The predicted molar refractivity (Wildman–Crippen MR) is 105 cm³/mol. The van der Waals surface area contributed by atoms with Gasteiger partial charge in [0, 0.05) is 33.8 Å². The smallest absolute Gasteiger partial charge is 0.370 e. The molecule has 0 spiro atoms. The highest BCUT2D eigenvalue weighted by atomic mass is 28.4. The first-order chi connectivity index (χ1) is 12.7. The Kier molecular flexibility index (Phi) is 12.4. The molecule has 1 rings (SSSR count). The lowest BCUT2D eigenvalue weighted by atomic mass is 10.1. The molecule has 1 fully saturated rings. The van der Waals surface area contributed by atoms with E-state index >= 15 is 0 Å². The molecule has 1 heterocycles. The maximum absolute atomic E-state index is 11.4. The van der Waals surface area contributed by atoms with Gasteiger partial charge < -0.3 is 23.1 Å². The average Bonchev–Trinajstić information content (AvgIpc) is 2.65. The van der Waals surface area contributed by atoms with E-state index in [1.807, 2.05) is 0 Å². The first-order valence-corrected chi connectivity index (χ1v) is 11.4. The van der Waals surface area contributed by atoms with E-state index < -0.39 is 8.56 Å². The van der Waals surface area contributed by atoms with Gasteiger partial charge in [0.2, 0.25) is 0 Å². The second-order valence-corrected chi connectivity index (χ2v) is 10.2. The molecular formula is C19H36O7Si. The fourth-order valence-electron chi connectivity index (χ4n) is 3.37. The zero-order valence-electron chi connectivity index (χ0n) is 17.7. The molecule has 0 bridgehead atoms. The third-order valence-electron chi connectivity index (χ3n) is 4.74. The highest BCUT2D eigenvalue weighted by Crippen LogP contribution is 2.42. The SMILES string of the molecule is C=C(C)C(=O)OCCCC1(OC)CCCC[Si]1(OC)OC.CCOC(C)=O. The highest BCUT2D eigenvalue weighted by molar-refractivity contribution is 6.70. The minimum Gasteiger partial charge on any atom is -0.466 e. The van der Waals surface area contributed by atoms with Crippen LogP contribution in [-0.2, 0) is 32.7 Å². The Morgan fingerprint density at radius 2 is 1.70 bits per heavy atom. The van der Waals surface area contributed by atoms with Gasteiger partial charge in [-0.2, -0.15) is 0 Å². The molecule has 0 N–H and O–H groups in total. The number of hydrogen-bond donors (Lipinski definition) is 0. The summed E-state index contributed by atoms with van der Waals surface area (Å²) in [5.41, 5.74) is 0.423. The quantitative estimate of drug-likeness (QED) is 0.252. The monoisotopic (exact) mass is 404 g/mol. The van der Waals surface area contributed by atoms with Gasteiger partial charge in [-0.25, -0.2) is 4.79 Å². The molecule has 0 radical (unpaired) electrons. The number of hydrogen-bond acceptors (Lipinski definition) is 7. The number of rotatable bonds is 9. The molecule has 0 aromatic rings. The van der Waals surface area contributed by atoms with Crippen LogP contribution in [0.3, 0.4) is 0 Å². The predicted octanol–water partition coefficient (Wildman–Crippen LogP) is 3.30. The minimum absolute atomic E-state index is 0.211. The Morgan fingerprint density at radius 1 is 1.07 bits per heavy atom. The summed E-state index contributed by atoms with van der Waals surface area (Å²) in [5.74, 6) is -0.551. The van der Waals surface area contributed by atoms with Crippen LogP contribution in [0.1, 0.15) is 52.9 Å². The van der Waals surface area contributed by atoms with E-state index in [0.29, 0.717) is 18.8 Å². The van der Waals surface area contributed by atoms with E-state index in [4.69, 9.17) is 18.3 Å². The molecule has 1 aliphatic heterocycles. The van der Waals surface area contributed by atoms with Gasteiger partial charge in [0.05, 0.1) is 13.2 Å². The maximum atomic E-state index is 11.4. The summed E-state index contributed by atoms with van der Waals surface area (Å²) in [6, 6.07) is 0.944. The van der Waals surface area contributed by atoms with Crippen LogP contribution >= 0.6 is 0 Å². The van der Waals surface area contributed by atoms with Crippen molar-refractivity contribution < 1.29 is 32.7 Å². The highest BCUT2D eigenvalue weighted by Gasteiger charge is 2.58. The van der Waals surface area contributed by atoms with Gasteiger partial charge in [-0.1, -0.05) is 19.4 Å². The summed E-state index contributed by atoms with van der Waals surface area (Å²) in [6.45, 7) is 9.24. The van der Waals surface area contributed by atoms with Crippen molar-refractivity contribution in [3.8, 4) is 0 Å². The van der Waals surface area contributed by atoms with E-state index in [1.54, 1.807) is 35.2 Å². The van der Waals surface area contributed by atoms with E-state index in [0.717, 1.165) is 38.1 Å². The molecule has 8 heteroatoms. The summed E-state index contributed by atoms with van der Waals surface area (Å²) in [7, 11) is 2.77. The van der Waals surface area contributed by atoms with E-state index in [2.05, 4.69) is 11.3 Å². The van der Waals surface area contributed by atoms with Crippen LogP contribution in [-0.4, -0.2) is 60.3 Å². The number of carbonyl (C=O) groups is 2. The van der Waals surface area contributed by atoms with E-state index in [9.17, 15) is 9.59 Å². The van der Waals surface area contributed by atoms with Crippen molar-refractivity contribution in [1.82, 2.24) is 0 Å². The molecule has 1 unspecified atom stereocenters. The molecule has 0 amide bonds. The zero-order valence-corrected chi connectivity index (χ0v) is 18.7. The van der Waals surface area contributed by atoms with Crippen LogP contribution in [0.5, 0.6) is 0 Å². The summed E-state index contributed by atoms with van der Waals surface area (Å²) in [5, 5.41) is -0.357. The molecule has 0 saturated carbocycles. The van der Waals surface area contributed by atoms with Gasteiger partial charge >= 0.3 is 20.5 Å². The summed E-state index contributed by atoms with van der Waals surface area (Å²) in [6.07, 6.45) is 4.67. The third-order valence-corrected chi connectivity index (χ3v) is 9.16. The second-order valence-electron chi connectivity index (χ2n) is 6.51. The molecule has 158 valence electrons. The van der Waals surface area contributed by atoms with Crippen LogP contribution < -0.4 is 0 Å². The standard InChI is InChI=1S/C15H28O5Si.C4H8O2/c1-13(2)14(16)20-11-8-10-15(17-3)9-6-7-12-21(15,18-4)19-5;1-3-6-4(2)5/h1,6-12H2,2-5H3;3H2,1-2H3. The molecule has 0 aromatic heterocycles. The van der Waals surface area contributed by atoms with Gasteiger partial charge in [-0.05, 0) is 39.2 Å². The topological polar surface area (TPSA) is 80.3 Å². The van der Waals surface area contributed by atoms with Crippen LogP contribution in [0.4, 0.5) is 0 Å². The van der Waals surface area contributed by atoms with Gasteiger partial charge in [0.25, 0.3) is 0 Å². The van der Waals surface area contributed by atoms with Crippen molar-refractivity contribution >= 4 is 20.5 Å². The van der Waals surface area contributed by atoms with Gasteiger partial charge in [0.15, 0.2) is 0 Å². The second kappa shape index (κ2) is 13.0. The number of carbonyl (C=O) groups excluding carboxylic acids is 2. The van der Waals surface area contributed by atoms with E-state index in [1.165, 1.54) is 6.92 Å². The Balaban J connectivity index is 0.000000972. The molecule has 1 aliphatic rings. The normalized spacial score (nSPS) is 20.8. The number of methoxy groups -OCH3 is 1. The molecule has 1 atom stereocenters. The molecule has 0 aliphatic carbocycles. The zero-order chi connectivity index (χ0) is 20.9. The van der Waals surface area contributed by atoms with Crippen molar-refractivity contribution in [3.05, 3.63) is 12.2 Å². The van der Waals surface area contributed by atoms with Crippen LogP contribution in [0.15, 0.2) is 12.2 Å². The van der Waals surface area contributed by atoms with Gasteiger partial charge in [0.1, 0.15) is 5.22 Å². The van der Waals surface area contributed by atoms with Crippen molar-refractivity contribution in [2.45, 2.75) is 64.1 Å². The van der Waals surface area contributed by atoms with Gasteiger partial charge in [-0.15, -0.1) is 0 Å². The van der Waals surface area contributed by atoms with Crippen LogP contribution in [0.25, 0.3) is 0 Å². The van der Waals surface area contributed by atoms with Crippen molar-refractivity contribution in [1.29, 1.82) is 0 Å². The number of esters is 2. The summed E-state index contributed by atoms with van der Waals surface area (Å²) in [4.78, 5) is 21.2. The lowest BCUT2D eigenvalue weighted by Crippen LogP contribution is -2.64. The first kappa shape index (κ1) is 25.8. The lowest BCUT2D eigenvalue weighted by molar-refractivity contribution is -0.140. The van der Waals surface area contributed by atoms with Crippen LogP contribution in [0, 0.1) is 0 Å². The van der Waals surface area contributed by atoms with Crippen molar-refractivity contribution in [3.63, 3.8) is 0 Å². The Hall–Kier alpha value is -1.22. The average molecular weight is 405 g/mol. The third kappa shape index (κ3) is 7.73. The number of ether oxygens (including phenoxy) is 3. The fourth-order valence-corrected chi connectivity index (χ4v) is 7.29. The summed E-state index contributed by atoms with van der Waals surface area (Å²) >= 11 is 0. The molecule has 27 heavy (non-hydrogen) atoms. The van der Waals surface area contributed by atoms with E-state index in [-0.39, 0.29) is 17.2 Å². The Bertz CT molecular complexity index is 477. The molecule has 1 saturated heterocycles. The summed E-state index contributed by atoms with van der Waals surface area (Å²) < 4.78 is 27.1. The lowest BCUT2D eigenvalue weighted by Gasteiger charge is -2.48. The Labute approximate surface area is 164 Å².